The van der Waals surface area contributed by atoms with Gasteiger partial charge in [0.05, 0.1) is 13.7 Å². The monoisotopic (exact) mass is 157 g/mol. The van der Waals surface area contributed by atoms with E-state index in [-0.39, 0.29) is 6.10 Å². The summed E-state index contributed by atoms with van der Waals surface area (Å²) in [4.78, 5) is 2.21. The Bertz CT molecular complexity index is 147. The Morgan fingerprint density at radius 3 is 3.00 bits per heavy atom. The van der Waals surface area contributed by atoms with Gasteiger partial charge >= 0.3 is 0 Å². The SMILES string of the molecule is C=C(OC)[C@@H]1CN(C)CCO1. The van der Waals surface area contributed by atoms with Crippen LogP contribution in [0.1, 0.15) is 0 Å². The third-order valence-electron chi connectivity index (χ3n) is 1.89. The third-order valence-corrected chi connectivity index (χ3v) is 1.89. The van der Waals surface area contributed by atoms with E-state index < -0.39 is 0 Å². The molecular weight excluding hydrogens is 142 g/mol. The highest BCUT2D eigenvalue weighted by atomic mass is 16.5. The molecule has 3 nitrogen and oxygen atoms in total. The van der Waals surface area contributed by atoms with Crippen LogP contribution in [0.4, 0.5) is 0 Å². The summed E-state index contributed by atoms with van der Waals surface area (Å²) in [6.45, 7) is 6.40. The lowest BCUT2D eigenvalue weighted by molar-refractivity contribution is -0.0233. The molecule has 1 aliphatic rings. The minimum absolute atomic E-state index is 0.0544. The predicted molar refractivity (Wildman–Crippen MR) is 43.4 cm³/mol. The smallest absolute Gasteiger partial charge is 0.127 e. The van der Waals surface area contributed by atoms with Crippen molar-refractivity contribution in [3.63, 3.8) is 0 Å². The number of hydrogen-bond acceptors (Lipinski definition) is 3. The number of methoxy groups -OCH3 is 1. The lowest BCUT2D eigenvalue weighted by Gasteiger charge is -2.30. The zero-order valence-corrected chi connectivity index (χ0v) is 7.17. The number of nitrogens with zero attached hydrogens (tertiary/aromatic N) is 1. The Balaban J connectivity index is 2.39. The van der Waals surface area contributed by atoms with E-state index in [1.165, 1.54) is 0 Å². The molecule has 1 atom stereocenters. The molecule has 0 radical (unpaired) electrons. The van der Waals surface area contributed by atoms with Gasteiger partial charge in [-0.25, -0.2) is 0 Å². The average Bonchev–Trinajstić information content (AvgIpc) is 2.03. The second kappa shape index (κ2) is 3.74. The Morgan fingerprint density at radius 2 is 2.45 bits per heavy atom. The molecule has 0 aliphatic carbocycles. The highest BCUT2D eigenvalue weighted by molar-refractivity contribution is 4.95. The summed E-state index contributed by atoms with van der Waals surface area (Å²) in [5.41, 5.74) is 0. The maximum Gasteiger partial charge on any atom is 0.127 e. The van der Waals surface area contributed by atoms with E-state index in [1.54, 1.807) is 7.11 Å². The third kappa shape index (κ3) is 2.20. The molecule has 0 N–H and O–H groups in total. The van der Waals surface area contributed by atoms with Crippen molar-refractivity contribution >= 4 is 0 Å². The molecule has 1 aliphatic heterocycles. The van der Waals surface area contributed by atoms with Gasteiger partial charge in [0.15, 0.2) is 0 Å². The Hall–Kier alpha value is -0.540. The molecule has 1 saturated heterocycles. The van der Waals surface area contributed by atoms with E-state index in [9.17, 15) is 0 Å². The van der Waals surface area contributed by atoms with Gasteiger partial charge in [-0.15, -0.1) is 0 Å². The van der Waals surface area contributed by atoms with Crippen molar-refractivity contribution in [3.05, 3.63) is 12.3 Å². The molecule has 0 unspecified atom stereocenters. The summed E-state index contributed by atoms with van der Waals surface area (Å²) < 4.78 is 10.4. The fraction of sp³-hybridized carbons (Fsp3) is 0.750. The highest BCUT2D eigenvalue weighted by Crippen LogP contribution is 2.10. The van der Waals surface area contributed by atoms with E-state index in [1.807, 2.05) is 0 Å². The zero-order valence-electron chi connectivity index (χ0n) is 7.17. The molecule has 1 rings (SSSR count). The summed E-state index contributed by atoms with van der Waals surface area (Å²) in [6.07, 6.45) is 0.0544. The fourth-order valence-corrected chi connectivity index (χ4v) is 1.10. The molecule has 0 aromatic carbocycles. The lowest BCUT2D eigenvalue weighted by Crippen LogP contribution is -2.40. The van der Waals surface area contributed by atoms with Crippen molar-refractivity contribution in [3.8, 4) is 0 Å². The summed E-state index contributed by atoms with van der Waals surface area (Å²) in [5, 5.41) is 0. The van der Waals surface area contributed by atoms with Gasteiger partial charge in [-0.05, 0) is 7.05 Å². The van der Waals surface area contributed by atoms with Crippen LogP contribution < -0.4 is 0 Å². The number of hydrogen-bond donors (Lipinski definition) is 0. The van der Waals surface area contributed by atoms with Gasteiger partial charge in [-0.3, -0.25) is 0 Å². The maximum atomic E-state index is 5.43. The van der Waals surface area contributed by atoms with Crippen molar-refractivity contribution in [1.29, 1.82) is 0 Å². The van der Waals surface area contributed by atoms with Gasteiger partial charge in [-0.1, -0.05) is 6.58 Å². The summed E-state index contributed by atoms with van der Waals surface area (Å²) >= 11 is 0. The first kappa shape index (κ1) is 8.56. The van der Waals surface area contributed by atoms with Crippen LogP contribution in [-0.4, -0.2) is 44.9 Å². The van der Waals surface area contributed by atoms with E-state index >= 15 is 0 Å². The molecule has 0 spiro atoms. The first-order valence-corrected chi connectivity index (χ1v) is 3.77. The second-order valence-corrected chi connectivity index (χ2v) is 2.79. The maximum absolute atomic E-state index is 5.43. The Morgan fingerprint density at radius 1 is 1.73 bits per heavy atom. The van der Waals surface area contributed by atoms with Crippen molar-refractivity contribution in [2.75, 3.05) is 33.9 Å². The van der Waals surface area contributed by atoms with Crippen molar-refractivity contribution < 1.29 is 9.47 Å². The minimum atomic E-state index is 0.0544. The van der Waals surface area contributed by atoms with Gasteiger partial charge in [0.25, 0.3) is 0 Å². The fourth-order valence-electron chi connectivity index (χ4n) is 1.10. The van der Waals surface area contributed by atoms with Crippen LogP contribution in [0.15, 0.2) is 12.3 Å². The molecular formula is C8H15NO2. The van der Waals surface area contributed by atoms with Gasteiger partial charge in [0.1, 0.15) is 11.9 Å². The summed E-state index contributed by atoms with van der Waals surface area (Å²) in [5.74, 6) is 0.719. The molecule has 1 fully saturated rings. The molecule has 1 heterocycles. The average molecular weight is 157 g/mol. The number of ether oxygens (including phenoxy) is 2. The van der Waals surface area contributed by atoms with Gasteiger partial charge in [-0.2, -0.15) is 0 Å². The first-order chi connectivity index (χ1) is 5.24. The summed E-state index contributed by atoms with van der Waals surface area (Å²) in [6, 6.07) is 0. The van der Waals surface area contributed by atoms with Crippen LogP contribution in [0.25, 0.3) is 0 Å². The Kier molecular flexibility index (Phi) is 2.91. The van der Waals surface area contributed by atoms with Gasteiger partial charge in [0, 0.05) is 13.1 Å². The van der Waals surface area contributed by atoms with E-state index in [0.29, 0.717) is 0 Å². The topological polar surface area (TPSA) is 21.7 Å². The van der Waals surface area contributed by atoms with Crippen LogP contribution in [0.5, 0.6) is 0 Å². The van der Waals surface area contributed by atoms with E-state index in [2.05, 4.69) is 18.5 Å². The van der Waals surface area contributed by atoms with E-state index in [0.717, 1.165) is 25.5 Å². The quantitative estimate of drug-likeness (QED) is 0.544. The van der Waals surface area contributed by atoms with E-state index in [4.69, 9.17) is 9.47 Å². The molecule has 0 saturated carbocycles. The Labute approximate surface area is 67.6 Å². The lowest BCUT2D eigenvalue weighted by atomic mass is 10.2. The van der Waals surface area contributed by atoms with Crippen LogP contribution in [0.2, 0.25) is 0 Å². The van der Waals surface area contributed by atoms with Crippen molar-refractivity contribution in [1.82, 2.24) is 4.90 Å². The van der Waals surface area contributed by atoms with Crippen LogP contribution >= 0.6 is 0 Å². The standard InChI is InChI=1S/C8H15NO2/c1-7(10-3)8-6-9(2)4-5-11-8/h8H,1,4-6H2,2-3H3/t8-/m0/s1. The van der Waals surface area contributed by atoms with Crippen LogP contribution in [-0.2, 0) is 9.47 Å². The minimum Gasteiger partial charge on any atom is -0.499 e. The molecule has 11 heavy (non-hydrogen) atoms. The van der Waals surface area contributed by atoms with Crippen LogP contribution in [0, 0.1) is 0 Å². The molecule has 0 bridgehead atoms. The molecule has 0 amide bonds. The molecule has 3 heteroatoms. The number of rotatable bonds is 2. The highest BCUT2D eigenvalue weighted by Gasteiger charge is 2.20. The molecule has 0 aromatic rings. The first-order valence-electron chi connectivity index (χ1n) is 3.77. The number of likely N-dealkylation sites (N-methyl/N-ethyl adjacent to an activating group) is 1. The van der Waals surface area contributed by atoms with Gasteiger partial charge in [0.2, 0.25) is 0 Å². The van der Waals surface area contributed by atoms with Gasteiger partial charge < -0.3 is 14.4 Å². The zero-order chi connectivity index (χ0) is 8.27. The van der Waals surface area contributed by atoms with Crippen molar-refractivity contribution in [2.45, 2.75) is 6.10 Å². The molecule has 0 aromatic heterocycles. The van der Waals surface area contributed by atoms with Crippen LogP contribution in [0.3, 0.4) is 0 Å². The molecule has 64 valence electrons. The number of morpholine rings is 1. The largest absolute Gasteiger partial charge is 0.499 e. The second-order valence-electron chi connectivity index (χ2n) is 2.79. The predicted octanol–water partition coefficient (Wildman–Crippen LogP) is 0.477. The van der Waals surface area contributed by atoms with Crippen molar-refractivity contribution in [2.24, 2.45) is 0 Å². The summed E-state index contributed by atoms with van der Waals surface area (Å²) in [7, 11) is 3.69. The normalized spacial score (nSPS) is 26.5.